The standard InChI is InChI=1S/C18H18N2O5/c1-3-12-8-10(2)15(24-12)17(22)25-13-6-4-11(5-7-13)9-14-16(21)20-18(23)19-14/h4-8,14H,3,9H2,1-2H3,(H2,19,20,21,23)/t14-/m1/s1. The van der Waals surface area contributed by atoms with E-state index in [1.165, 1.54) is 0 Å². The summed E-state index contributed by atoms with van der Waals surface area (Å²) in [5.74, 6) is 0.415. The molecular formula is C18H18N2O5. The number of benzene rings is 1. The average Bonchev–Trinajstić information content (AvgIpc) is 3.11. The number of imide groups is 1. The molecule has 1 aromatic carbocycles. The molecule has 1 saturated heterocycles. The Labute approximate surface area is 144 Å². The molecule has 1 fully saturated rings. The minimum Gasteiger partial charge on any atom is -0.454 e. The zero-order valence-corrected chi connectivity index (χ0v) is 13.9. The number of carbonyl (C=O) groups excluding carboxylic acids is 3. The zero-order chi connectivity index (χ0) is 18.0. The largest absolute Gasteiger partial charge is 0.454 e. The highest BCUT2D eigenvalue weighted by molar-refractivity contribution is 6.04. The molecular weight excluding hydrogens is 324 g/mol. The van der Waals surface area contributed by atoms with E-state index in [-0.39, 0.29) is 11.7 Å². The Morgan fingerprint density at radius 3 is 2.52 bits per heavy atom. The fourth-order valence-corrected chi connectivity index (χ4v) is 2.61. The summed E-state index contributed by atoms with van der Waals surface area (Å²) in [7, 11) is 0. The maximum Gasteiger partial charge on any atom is 0.379 e. The smallest absolute Gasteiger partial charge is 0.379 e. The van der Waals surface area contributed by atoms with Crippen LogP contribution in [0, 0.1) is 6.92 Å². The van der Waals surface area contributed by atoms with Crippen LogP contribution in [-0.2, 0) is 17.6 Å². The van der Waals surface area contributed by atoms with E-state index in [4.69, 9.17) is 9.15 Å². The number of furan rings is 1. The normalized spacial score (nSPS) is 16.5. The van der Waals surface area contributed by atoms with Gasteiger partial charge in [0.25, 0.3) is 5.91 Å². The third-order valence-electron chi connectivity index (χ3n) is 3.93. The second-order valence-corrected chi connectivity index (χ2v) is 5.83. The molecule has 7 nitrogen and oxygen atoms in total. The van der Waals surface area contributed by atoms with Gasteiger partial charge in [-0.3, -0.25) is 10.1 Å². The van der Waals surface area contributed by atoms with Crippen LogP contribution in [0.25, 0.3) is 0 Å². The van der Waals surface area contributed by atoms with Crippen molar-refractivity contribution in [1.29, 1.82) is 0 Å². The first kappa shape index (κ1) is 16.8. The Hall–Kier alpha value is -3.09. The van der Waals surface area contributed by atoms with Crippen LogP contribution in [0.5, 0.6) is 5.75 Å². The Morgan fingerprint density at radius 2 is 1.96 bits per heavy atom. The molecule has 1 atom stereocenters. The van der Waals surface area contributed by atoms with Gasteiger partial charge in [-0.15, -0.1) is 0 Å². The van der Waals surface area contributed by atoms with E-state index < -0.39 is 18.0 Å². The van der Waals surface area contributed by atoms with Gasteiger partial charge >= 0.3 is 12.0 Å². The molecule has 25 heavy (non-hydrogen) atoms. The van der Waals surface area contributed by atoms with Gasteiger partial charge in [0.2, 0.25) is 5.76 Å². The fourth-order valence-electron chi connectivity index (χ4n) is 2.61. The summed E-state index contributed by atoms with van der Waals surface area (Å²) in [4.78, 5) is 34.8. The number of urea groups is 1. The Morgan fingerprint density at radius 1 is 1.24 bits per heavy atom. The van der Waals surface area contributed by atoms with E-state index in [9.17, 15) is 14.4 Å². The third-order valence-corrected chi connectivity index (χ3v) is 3.93. The van der Waals surface area contributed by atoms with Crippen LogP contribution >= 0.6 is 0 Å². The molecule has 0 aliphatic carbocycles. The van der Waals surface area contributed by atoms with Gasteiger partial charge in [-0.1, -0.05) is 19.1 Å². The summed E-state index contributed by atoms with van der Waals surface area (Å²) >= 11 is 0. The van der Waals surface area contributed by atoms with Crippen molar-refractivity contribution in [2.75, 3.05) is 0 Å². The molecule has 0 unspecified atom stereocenters. The number of aryl methyl sites for hydroxylation is 2. The van der Waals surface area contributed by atoms with Gasteiger partial charge in [-0.2, -0.15) is 0 Å². The molecule has 0 spiro atoms. The van der Waals surface area contributed by atoms with Crippen molar-refractivity contribution in [3.8, 4) is 5.75 Å². The first-order chi connectivity index (χ1) is 12.0. The number of rotatable bonds is 5. The monoisotopic (exact) mass is 342 g/mol. The van der Waals surface area contributed by atoms with Gasteiger partial charge in [-0.05, 0) is 30.7 Å². The summed E-state index contributed by atoms with van der Waals surface area (Å²) in [6.07, 6.45) is 1.07. The molecule has 0 saturated carbocycles. The first-order valence-electron chi connectivity index (χ1n) is 7.98. The highest BCUT2D eigenvalue weighted by atomic mass is 16.5. The minimum atomic E-state index is -0.584. The maximum absolute atomic E-state index is 12.2. The lowest BCUT2D eigenvalue weighted by Gasteiger charge is -2.08. The predicted octanol–water partition coefficient (Wildman–Crippen LogP) is 2.12. The van der Waals surface area contributed by atoms with E-state index >= 15 is 0 Å². The SMILES string of the molecule is CCc1cc(C)c(C(=O)Oc2ccc(C[C@H]3NC(=O)NC3=O)cc2)o1. The van der Waals surface area contributed by atoms with Gasteiger partial charge in [0, 0.05) is 18.4 Å². The van der Waals surface area contributed by atoms with E-state index in [0.29, 0.717) is 18.6 Å². The Kier molecular flexibility index (Phi) is 4.56. The molecule has 1 aromatic heterocycles. The lowest BCUT2D eigenvalue weighted by atomic mass is 10.1. The van der Waals surface area contributed by atoms with Crippen molar-refractivity contribution in [3.05, 3.63) is 53.0 Å². The molecule has 3 amide bonds. The molecule has 2 heterocycles. The number of hydrogen-bond acceptors (Lipinski definition) is 5. The highest BCUT2D eigenvalue weighted by Crippen LogP contribution is 2.19. The lowest BCUT2D eigenvalue weighted by Crippen LogP contribution is -2.31. The number of amides is 3. The number of nitrogens with one attached hydrogen (secondary N) is 2. The van der Waals surface area contributed by atoms with E-state index in [2.05, 4.69) is 10.6 Å². The zero-order valence-electron chi connectivity index (χ0n) is 13.9. The van der Waals surface area contributed by atoms with E-state index in [0.717, 1.165) is 16.9 Å². The van der Waals surface area contributed by atoms with Crippen LogP contribution in [0.15, 0.2) is 34.7 Å². The molecule has 130 valence electrons. The summed E-state index contributed by atoms with van der Waals surface area (Å²) < 4.78 is 10.8. The quantitative estimate of drug-likeness (QED) is 0.493. The van der Waals surface area contributed by atoms with Crippen molar-refractivity contribution in [2.24, 2.45) is 0 Å². The minimum absolute atomic E-state index is 0.200. The Bertz CT molecular complexity index is 822. The van der Waals surface area contributed by atoms with Gasteiger partial charge in [0.1, 0.15) is 17.6 Å². The number of ether oxygens (including phenoxy) is 1. The van der Waals surface area contributed by atoms with Crippen LogP contribution in [-0.4, -0.2) is 23.9 Å². The van der Waals surface area contributed by atoms with Crippen LogP contribution in [0.3, 0.4) is 0 Å². The fraction of sp³-hybridized carbons (Fsp3) is 0.278. The summed E-state index contributed by atoms with van der Waals surface area (Å²) in [5.41, 5.74) is 1.58. The number of carbonyl (C=O) groups is 3. The van der Waals surface area contributed by atoms with Crippen molar-refractivity contribution < 1.29 is 23.5 Å². The van der Waals surface area contributed by atoms with Crippen LogP contribution in [0.2, 0.25) is 0 Å². The van der Waals surface area contributed by atoms with Gasteiger partial charge < -0.3 is 14.5 Å². The summed E-state index contributed by atoms with van der Waals surface area (Å²) in [5, 5.41) is 4.72. The van der Waals surface area contributed by atoms with Crippen LogP contribution in [0.4, 0.5) is 4.79 Å². The molecule has 7 heteroatoms. The molecule has 0 radical (unpaired) electrons. The van der Waals surface area contributed by atoms with Gasteiger partial charge in [-0.25, -0.2) is 9.59 Å². The molecule has 3 rings (SSSR count). The molecule has 1 aliphatic rings. The van der Waals surface area contributed by atoms with E-state index in [1.54, 1.807) is 31.2 Å². The molecule has 2 N–H and O–H groups in total. The van der Waals surface area contributed by atoms with Gasteiger partial charge in [0.05, 0.1) is 0 Å². The van der Waals surface area contributed by atoms with Crippen LogP contribution in [0.1, 0.15) is 34.4 Å². The van der Waals surface area contributed by atoms with Crippen molar-refractivity contribution in [2.45, 2.75) is 32.7 Å². The van der Waals surface area contributed by atoms with Crippen molar-refractivity contribution >= 4 is 17.9 Å². The summed E-state index contributed by atoms with van der Waals surface area (Å²) in [6.45, 7) is 3.74. The average molecular weight is 342 g/mol. The van der Waals surface area contributed by atoms with E-state index in [1.807, 2.05) is 13.0 Å². The first-order valence-corrected chi connectivity index (χ1v) is 7.98. The van der Waals surface area contributed by atoms with Crippen molar-refractivity contribution in [1.82, 2.24) is 10.6 Å². The second-order valence-electron chi connectivity index (χ2n) is 5.83. The summed E-state index contributed by atoms with van der Waals surface area (Å²) in [6, 6.07) is 7.52. The molecule has 2 aromatic rings. The number of hydrogen-bond donors (Lipinski definition) is 2. The Balaban J connectivity index is 1.64. The molecule has 0 bridgehead atoms. The topological polar surface area (TPSA) is 97.6 Å². The van der Waals surface area contributed by atoms with Crippen molar-refractivity contribution in [3.63, 3.8) is 0 Å². The lowest BCUT2D eigenvalue weighted by molar-refractivity contribution is -0.120. The maximum atomic E-state index is 12.2. The number of esters is 1. The molecule has 1 aliphatic heterocycles. The predicted molar refractivity (Wildman–Crippen MR) is 88.4 cm³/mol. The van der Waals surface area contributed by atoms with Gasteiger partial charge in [0.15, 0.2) is 0 Å². The van der Waals surface area contributed by atoms with Crippen LogP contribution < -0.4 is 15.4 Å². The second kappa shape index (κ2) is 6.80. The third kappa shape index (κ3) is 3.71. The highest BCUT2D eigenvalue weighted by Gasteiger charge is 2.29.